The van der Waals surface area contributed by atoms with Crippen molar-refractivity contribution in [3.63, 3.8) is 0 Å². The summed E-state index contributed by atoms with van der Waals surface area (Å²) >= 11 is 0. The predicted octanol–water partition coefficient (Wildman–Crippen LogP) is 11.3. The summed E-state index contributed by atoms with van der Waals surface area (Å²) in [5.74, 6) is -1.66. The Hall–Kier alpha value is -3.88. The molecule has 0 saturated heterocycles. The topological polar surface area (TPSA) is 125 Å². The largest absolute Gasteiger partial charge is 0.490 e. The summed E-state index contributed by atoms with van der Waals surface area (Å²) < 4.78 is 23.2. The summed E-state index contributed by atoms with van der Waals surface area (Å²) in [6.45, 7) is 34.0. The Morgan fingerprint density at radius 2 is 1.05 bits per heavy atom. The molecular formula is C49H76O9. The second kappa shape index (κ2) is 19.0. The van der Waals surface area contributed by atoms with Crippen LogP contribution in [0.5, 0.6) is 5.75 Å². The van der Waals surface area contributed by atoms with Gasteiger partial charge in [0.25, 0.3) is 0 Å². The van der Waals surface area contributed by atoms with E-state index in [1.165, 1.54) is 5.56 Å². The van der Waals surface area contributed by atoms with Gasteiger partial charge in [0.05, 0.1) is 23.7 Å². The van der Waals surface area contributed by atoms with Crippen LogP contribution in [0.1, 0.15) is 148 Å². The summed E-state index contributed by atoms with van der Waals surface area (Å²) in [7, 11) is 0. The van der Waals surface area contributed by atoms with E-state index in [1.807, 2.05) is 50.2 Å². The maximum Gasteiger partial charge on any atom is 0.313 e. The molecule has 0 saturated carbocycles. The Balaban J connectivity index is 2.60. The van der Waals surface area contributed by atoms with Gasteiger partial charge < -0.3 is 24.1 Å². The number of ether oxygens (including phenoxy) is 4. The Kier molecular flexibility index (Phi) is 16.5. The first-order valence-corrected chi connectivity index (χ1v) is 20.8. The number of aliphatic carboxylic acids is 1. The summed E-state index contributed by atoms with van der Waals surface area (Å²) in [6, 6.07) is 19.9. The van der Waals surface area contributed by atoms with Crippen LogP contribution in [0.2, 0.25) is 0 Å². The Labute approximate surface area is 350 Å². The lowest BCUT2D eigenvalue weighted by molar-refractivity contribution is -0.197. The van der Waals surface area contributed by atoms with Crippen molar-refractivity contribution in [2.24, 2.45) is 43.3 Å². The first-order chi connectivity index (χ1) is 26.4. The zero-order chi connectivity index (χ0) is 44.6. The maximum atomic E-state index is 14.9. The third kappa shape index (κ3) is 11.4. The zero-order valence-electron chi connectivity index (χ0n) is 38.7. The van der Waals surface area contributed by atoms with Gasteiger partial charge in [-0.05, 0) is 82.8 Å². The fraction of sp³-hybridized carbons (Fsp3) is 0.673. The number of hydrogen-bond acceptors (Lipinski definition) is 8. The molecule has 0 aromatic heterocycles. The molecule has 2 aromatic rings. The third-order valence-corrected chi connectivity index (χ3v) is 14.6. The standard InChI is InChI=1S/C49H76O9/c1-42(2,3)37(35-23-19-17-20-24-35)33-44(7,8)46(11,12)48(15,40(53)57-32-30-56-39(52)28-27-38(50)51)34-45(9,10)47(13,14)49(16,43(4,5)6)41(54)58-31-29-55-36-25-21-18-22-26-36/h17-26,37H,27-34H2,1-16H3,(H,50,51). The molecule has 3 unspecified atom stereocenters. The van der Waals surface area contributed by atoms with Gasteiger partial charge in [0, 0.05) is 0 Å². The van der Waals surface area contributed by atoms with E-state index in [4.69, 9.17) is 24.1 Å². The minimum Gasteiger partial charge on any atom is -0.490 e. The molecule has 0 aliphatic rings. The highest BCUT2D eigenvalue weighted by molar-refractivity contribution is 5.80. The molecule has 9 heteroatoms. The zero-order valence-corrected chi connectivity index (χ0v) is 38.7. The van der Waals surface area contributed by atoms with E-state index in [2.05, 4.69) is 121 Å². The van der Waals surface area contributed by atoms with Crippen LogP contribution < -0.4 is 4.74 Å². The van der Waals surface area contributed by atoms with E-state index in [-0.39, 0.29) is 56.6 Å². The quantitative estimate of drug-likeness (QED) is 0.0745. The number of carbonyl (C=O) groups excluding carboxylic acids is 3. The minimum atomic E-state index is -1.13. The molecule has 0 aliphatic carbocycles. The summed E-state index contributed by atoms with van der Waals surface area (Å²) in [5, 5.41) is 8.96. The highest BCUT2D eigenvalue weighted by atomic mass is 16.6. The van der Waals surface area contributed by atoms with E-state index >= 15 is 0 Å². The lowest BCUT2D eigenvalue weighted by Gasteiger charge is -2.61. The molecule has 1 N–H and O–H groups in total. The van der Waals surface area contributed by atoms with Crippen LogP contribution >= 0.6 is 0 Å². The Morgan fingerprint density at radius 3 is 1.55 bits per heavy atom. The van der Waals surface area contributed by atoms with Gasteiger partial charge in [0.2, 0.25) is 0 Å². The molecule has 0 bridgehead atoms. The summed E-state index contributed by atoms with van der Waals surface area (Å²) in [6.07, 6.45) is 0.517. The van der Waals surface area contributed by atoms with Gasteiger partial charge in [-0.3, -0.25) is 19.2 Å². The smallest absolute Gasteiger partial charge is 0.313 e. The molecule has 0 heterocycles. The molecule has 0 amide bonds. The second-order valence-corrected chi connectivity index (χ2v) is 21.0. The highest BCUT2D eigenvalue weighted by Gasteiger charge is 2.65. The Morgan fingerprint density at radius 1 is 0.569 bits per heavy atom. The molecule has 0 aliphatic heterocycles. The van der Waals surface area contributed by atoms with Gasteiger partial charge in [-0.2, -0.15) is 0 Å². The van der Waals surface area contributed by atoms with Gasteiger partial charge >= 0.3 is 23.9 Å². The lowest BCUT2D eigenvalue weighted by atomic mass is 9.42. The van der Waals surface area contributed by atoms with Crippen LogP contribution in [0.3, 0.4) is 0 Å². The number of para-hydroxylation sites is 1. The number of benzene rings is 2. The second-order valence-electron chi connectivity index (χ2n) is 21.0. The number of carboxylic acids is 1. The van der Waals surface area contributed by atoms with Crippen LogP contribution in [0.15, 0.2) is 60.7 Å². The van der Waals surface area contributed by atoms with Gasteiger partial charge in [0.15, 0.2) is 0 Å². The van der Waals surface area contributed by atoms with Crippen molar-refractivity contribution >= 4 is 23.9 Å². The highest BCUT2D eigenvalue weighted by Crippen LogP contribution is 2.66. The van der Waals surface area contributed by atoms with Crippen LogP contribution in [0.25, 0.3) is 0 Å². The molecule has 0 fully saturated rings. The van der Waals surface area contributed by atoms with Crippen molar-refractivity contribution in [2.75, 3.05) is 26.4 Å². The van der Waals surface area contributed by atoms with Gasteiger partial charge in [-0.1, -0.05) is 145 Å². The molecule has 326 valence electrons. The molecule has 9 nitrogen and oxygen atoms in total. The van der Waals surface area contributed by atoms with Crippen LogP contribution in [0.4, 0.5) is 0 Å². The van der Waals surface area contributed by atoms with E-state index in [9.17, 15) is 19.2 Å². The fourth-order valence-corrected chi connectivity index (χ4v) is 8.64. The lowest BCUT2D eigenvalue weighted by Crippen LogP contribution is -2.60. The maximum absolute atomic E-state index is 14.9. The Bertz CT molecular complexity index is 1660. The summed E-state index contributed by atoms with van der Waals surface area (Å²) in [4.78, 5) is 52.5. The monoisotopic (exact) mass is 809 g/mol. The van der Waals surface area contributed by atoms with Crippen molar-refractivity contribution in [3.05, 3.63) is 66.2 Å². The van der Waals surface area contributed by atoms with E-state index in [0.717, 1.165) is 6.42 Å². The fourth-order valence-electron chi connectivity index (χ4n) is 8.64. The number of hydrogen-bond donors (Lipinski definition) is 1. The van der Waals surface area contributed by atoms with E-state index in [0.29, 0.717) is 12.2 Å². The van der Waals surface area contributed by atoms with Gasteiger partial charge in [0.1, 0.15) is 32.2 Å². The predicted molar refractivity (Wildman–Crippen MR) is 230 cm³/mol. The van der Waals surface area contributed by atoms with Crippen LogP contribution in [-0.2, 0) is 33.4 Å². The van der Waals surface area contributed by atoms with Crippen molar-refractivity contribution in [3.8, 4) is 5.75 Å². The average molecular weight is 809 g/mol. The minimum absolute atomic E-state index is 0.0818. The van der Waals surface area contributed by atoms with E-state index < -0.39 is 55.8 Å². The molecular weight excluding hydrogens is 733 g/mol. The van der Waals surface area contributed by atoms with E-state index in [1.54, 1.807) is 0 Å². The van der Waals surface area contributed by atoms with Crippen molar-refractivity contribution in [1.82, 2.24) is 0 Å². The third-order valence-electron chi connectivity index (χ3n) is 14.6. The van der Waals surface area contributed by atoms with Crippen LogP contribution in [0, 0.1) is 43.3 Å². The molecule has 58 heavy (non-hydrogen) atoms. The molecule has 2 rings (SSSR count). The number of carbonyl (C=O) groups is 4. The molecule has 3 atom stereocenters. The summed E-state index contributed by atoms with van der Waals surface area (Å²) in [5.41, 5.74) is -4.14. The number of esters is 3. The average Bonchev–Trinajstić information content (AvgIpc) is 3.12. The number of carboxylic acid groups (broad SMARTS) is 1. The molecule has 0 radical (unpaired) electrons. The molecule has 2 aromatic carbocycles. The van der Waals surface area contributed by atoms with Crippen LogP contribution in [-0.4, -0.2) is 55.4 Å². The molecule has 0 spiro atoms. The first kappa shape index (κ1) is 50.3. The van der Waals surface area contributed by atoms with Crippen molar-refractivity contribution in [2.45, 2.75) is 142 Å². The van der Waals surface area contributed by atoms with Crippen molar-refractivity contribution < 1.29 is 43.2 Å². The first-order valence-electron chi connectivity index (χ1n) is 20.8. The van der Waals surface area contributed by atoms with Crippen molar-refractivity contribution in [1.29, 1.82) is 0 Å². The SMILES string of the molecule is CC(C)(C)C(CC(C)(C)C(C)(C)C(C)(CC(C)(C)C(C)(C)C(C)(C(=O)OCCOc1ccccc1)C(C)(C)C)C(=O)OCCOC(=O)CCC(=O)O)c1ccccc1. The number of rotatable bonds is 21. The van der Waals surface area contributed by atoms with Gasteiger partial charge in [-0.15, -0.1) is 0 Å². The van der Waals surface area contributed by atoms with Gasteiger partial charge in [-0.25, -0.2) is 0 Å². The normalized spacial score (nSPS) is 15.7.